The van der Waals surface area contributed by atoms with Crippen LogP contribution in [0.15, 0.2) is 42.6 Å². The first-order valence-electron chi connectivity index (χ1n) is 8.28. The number of nitrogens with zero attached hydrogens (tertiary/aromatic N) is 1. The largest absolute Gasteiger partial charge is 0.397 e. The highest BCUT2D eigenvalue weighted by atomic mass is 79.9. The summed E-state index contributed by atoms with van der Waals surface area (Å²) >= 11 is 3.82. The van der Waals surface area contributed by atoms with Gasteiger partial charge in [0.15, 0.2) is 0 Å². The molecule has 1 aromatic heterocycles. The van der Waals surface area contributed by atoms with Gasteiger partial charge in [-0.3, -0.25) is 4.98 Å². The first-order valence-corrected chi connectivity index (χ1v) is 9.20. The number of nitrogen functional groups attached to an aromatic ring is 1. The van der Waals surface area contributed by atoms with Crippen LogP contribution in [0.4, 0.5) is 5.69 Å². The van der Waals surface area contributed by atoms with E-state index in [1.165, 1.54) is 5.56 Å². The minimum atomic E-state index is -0.288. The summed E-state index contributed by atoms with van der Waals surface area (Å²) in [7, 11) is 0. The minimum absolute atomic E-state index is 0.0657. The molecule has 3 atom stereocenters. The van der Waals surface area contributed by atoms with Crippen LogP contribution in [0.2, 0.25) is 0 Å². The van der Waals surface area contributed by atoms with Crippen molar-refractivity contribution < 1.29 is 9.84 Å². The first kappa shape index (κ1) is 16.1. The predicted molar refractivity (Wildman–Crippen MR) is 97.8 cm³/mol. The molecule has 1 aromatic carbocycles. The number of fused-ring (bicyclic) bond motifs is 3. The van der Waals surface area contributed by atoms with E-state index in [1.54, 1.807) is 6.20 Å². The number of hydrogen-bond donors (Lipinski definition) is 2. The van der Waals surface area contributed by atoms with Gasteiger partial charge in [0.05, 0.1) is 30.8 Å². The number of halogens is 1. The lowest BCUT2D eigenvalue weighted by Gasteiger charge is -2.55. The van der Waals surface area contributed by atoms with E-state index in [1.807, 2.05) is 12.1 Å². The molecule has 0 spiro atoms. The second-order valence-electron chi connectivity index (χ2n) is 7.06. The molecule has 0 amide bonds. The smallest absolute Gasteiger partial charge is 0.106 e. The van der Waals surface area contributed by atoms with Crippen molar-refractivity contribution in [3.63, 3.8) is 0 Å². The molecule has 3 aliphatic rings. The van der Waals surface area contributed by atoms with Crippen molar-refractivity contribution >= 4 is 21.6 Å². The summed E-state index contributed by atoms with van der Waals surface area (Å²) in [4.78, 5) is 4.60. The van der Waals surface area contributed by atoms with E-state index in [0.717, 1.165) is 30.5 Å². The molecule has 3 fully saturated rings. The molecule has 0 radical (unpaired) electrons. The average Bonchev–Trinajstić information content (AvgIpc) is 2.63. The molecular weight excluding hydrogens is 368 g/mol. The SMILES string of the molecule is Nc1ccc(-c2ccc(C34CCC(CO)(CO3)CC4Br)cc2)nc1. The van der Waals surface area contributed by atoms with Crippen molar-refractivity contribution in [3.05, 3.63) is 48.2 Å². The highest BCUT2D eigenvalue weighted by Gasteiger charge is 2.55. The van der Waals surface area contributed by atoms with Crippen LogP contribution >= 0.6 is 15.9 Å². The van der Waals surface area contributed by atoms with Crippen molar-refractivity contribution in [1.29, 1.82) is 0 Å². The third kappa shape index (κ3) is 2.46. The predicted octanol–water partition coefficient (Wildman–Crippen LogP) is 3.48. The van der Waals surface area contributed by atoms with E-state index >= 15 is 0 Å². The molecule has 3 N–H and O–H groups in total. The van der Waals surface area contributed by atoms with Gasteiger partial charge in [0.25, 0.3) is 0 Å². The fraction of sp³-hybridized carbons (Fsp3) is 0.421. The van der Waals surface area contributed by atoms with Crippen LogP contribution < -0.4 is 5.73 Å². The standard InChI is InChI=1S/C19H21BrN2O2/c20-17-9-18(11-23)7-8-19(17,24-12-18)14-3-1-13(2-4-14)16-6-5-15(21)10-22-16/h1-6,10,17,23H,7-9,11-12,21H2. The highest BCUT2D eigenvalue weighted by molar-refractivity contribution is 9.09. The lowest BCUT2D eigenvalue weighted by atomic mass is 9.64. The monoisotopic (exact) mass is 388 g/mol. The number of anilines is 1. The summed E-state index contributed by atoms with van der Waals surface area (Å²) < 4.78 is 6.28. The Morgan fingerprint density at radius 2 is 2.00 bits per heavy atom. The van der Waals surface area contributed by atoms with E-state index in [2.05, 4.69) is 45.2 Å². The maximum absolute atomic E-state index is 9.70. The number of aromatic nitrogens is 1. The molecule has 5 rings (SSSR count). The van der Waals surface area contributed by atoms with E-state index < -0.39 is 0 Å². The van der Waals surface area contributed by atoms with Gasteiger partial charge in [0, 0.05) is 15.8 Å². The molecule has 2 aliphatic heterocycles. The highest BCUT2D eigenvalue weighted by Crippen LogP contribution is 2.56. The van der Waals surface area contributed by atoms with Crippen LogP contribution in [0.5, 0.6) is 0 Å². The van der Waals surface area contributed by atoms with Crippen molar-refractivity contribution in [1.82, 2.24) is 4.98 Å². The zero-order valence-electron chi connectivity index (χ0n) is 13.4. The lowest BCUT2D eigenvalue weighted by molar-refractivity contribution is -0.193. The average molecular weight is 389 g/mol. The van der Waals surface area contributed by atoms with Gasteiger partial charge >= 0.3 is 0 Å². The molecule has 24 heavy (non-hydrogen) atoms. The van der Waals surface area contributed by atoms with E-state index in [0.29, 0.717) is 12.3 Å². The molecule has 2 aromatic rings. The summed E-state index contributed by atoms with van der Waals surface area (Å²) in [6, 6.07) is 12.3. The molecule has 2 bridgehead atoms. The van der Waals surface area contributed by atoms with Gasteiger partial charge in [-0.05, 0) is 37.0 Å². The number of alkyl halides is 1. The molecule has 5 heteroatoms. The van der Waals surface area contributed by atoms with Crippen LogP contribution in [0.3, 0.4) is 0 Å². The van der Waals surface area contributed by atoms with Gasteiger partial charge in [0.1, 0.15) is 5.60 Å². The summed E-state index contributed by atoms with van der Waals surface area (Å²) in [6.45, 7) is 0.833. The number of aliphatic hydroxyl groups is 1. The molecule has 1 saturated carbocycles. The zero-order chi connectivity index (χ0) is 16.8. The molecule has 1 aliphatic carbocycles. The van der Waals surface area contributed by atoms with Crippen LogP contribution in [0.25, 0.3) is 11.3 Å². The number of hydrogen-bond acceptors (Lipinski definition) is 4. The van der Waals surface area contributed by atoms with Crippen LogP contribution in [0, 0.1) is 5.41 Å². The zero-order valence-corrected chi connectivity index (χ0v) is 15.0. The molecule has 2 saturated heterocycles. The Bertz CT molecular complexity index is 722. The number of ether oxygens (including phenoxy) is 1. The van der Waals surface area contributed by atoms with Gasteiger partial charge in [-0.25, -0.2) is 0 Å². The molecule has 126 valence electrons. The van der Waals surface area contributed by atoms with Crippen molar-refractivity contribution in [2.75, 3.05) is 18.9 Å². The van der Waals surface area contributed by atoms with Crippen LogP contribution in [-0.4, -0.2) is 28.1 Å². The number of pyridine rings is 1. The maximum Gasteiger partial charge on any atom is 0.106 e. The van der Waals surface area contributed by atoms with Crippen molar-refractivity contribution in [2.45, 2.75) is 29.7 Å². The Morgan fingerprint density at radius 1 is 1.21 bits per heavy atom. The Labute approximate surface area is 150 Å². The van der Waals surface area contributed by atoms with Crippen molar-refractivity contribution in [3.8, 4) is 11.3 Å². The third-order valence-electron chi connectivity index (χ3n) is 5.57. The Balaban J connectivity index is 1.62. The second kappa shape index (κ2) is 5.83. The van der Waals surface area contributed by atoms with Gasteiger partial charge in [-0.2, -0.15) is 0 Å². The van der Waals surface area contributed by atoms with Crippen LogP contribution in [-0.2, 0) is 10.3 Å². The quantitative estimate of drug-likeness (QED) is 0.789. The number of nitrogens with two attached hydrogens (primary N) is 1. The molecule has 4 nitrogen and oxygen atoms in total. The number of aliphatic hydroxyl groups excluding tert-OH is 1. The van der Waals surface area contributed by atoms with Gasteiger partial charge in [-0.15, -0.1) is 0 Å². The molecule has 3 heterocycles. The Morgan fingerprint density at radius 3 is 2.54 bits per heavy atom. The third-order valence-corrected chi connectivity index (χ3v) is 6.64. The summed E-state index contributed by atoms with van der Waals surface area (Å²) in [5.41, 5.74) is 9.19. The fourth-order valence-corrected chi connectivity index (χ4v) is 5.24. The summed E-state index contributed by atoms with van der Waals surface area (Å²) in [6.07, 6.45) is 4.57. The molecular formula is C19H21BrN2O2. The Kier molecular flexibility index (Phi) is 3.90. The van der Waals surface area contributed by atoms with Gasteiger partial charge in [0.2, 0.25) is 0 Å². The van der Waals surface area contributed by atoms with Crippen LogP contribution in [0.1, 0.15) is 24.8 Å². The van der Waals surface area contributed by atoms with Gasteiger partial charge < -0.3 is 15.6 Å². The van der Waals surface area contributed by atoms with E-state index in [4.69, 9.17) is 10.5 Å². The molecule has 3 unspecified atom stereocenters. The van der Waals surface area contributed by atoms with Crippen molar-refractivity contribution in [2.24, 2.45) is 5.41 Å². The summed E-state index contributed by atoms with van der Waals surface area (Å²) in [5, 5.41) is 9.70. The normalized spacial score (nSPS) is 32.0. The topological polar surface area (TPSA) is 68.4 Å². The van der Waals surface area contributed by atoms with Gasteiger partial charge in [-0.1, -0.05) is 40.2 Å². The fourth-order valence-electron chi connectivity index (χ4n) is 3.93. The first-order chi connectivity index (χ1) is 11.6. The number of rotatable bonds is 3. The number of benzene rings is 1. The second-order valence-corrected chi connectivity index (χ2v) is 8.17. The lowest BCUT2D eigenvalue weighted by Crippen LogP contribution is -2.56. The Hall–Kier alpha value is -1.43. The maximum atomic E-state index is 9.70. The van der Waals surface area contributed by atoms with E-state index in [-0.39, 0.29) is 22.5 Å². The van der Waals surface area contributed by atoms with E-state index in [9.17, 15) is 5.11 Å². The minimum Gasteiger partial charge on any atom is -0.397 e. The summed E-state index contributed by atoms with van der Waals surface area (Å²) in [5.74, 6) is 0.